The second-order valence-corrected chi connectivity index (χ2v) is 5.75. The van der Waals surface area contributed by atoms with E-state index in [1.54, 1.807) is 0 Å². The van der Waals surface area contributed by atoms with E-state index in [9.17, 15) is 4.79 Å². The molecule has 0 spiro atoms. The standard InChI is InChI=1S/C18H24N2O2/c1-13(2)18(21)20-11-10-19-12-16-8-9-17(22-16)15-6-4-14(3)5-7-15/h4-9,13,19H,10-12H2,1-3H3,(H,20,21). The molecule has 0 aliphatic heterocycles. The summed E-state index contributed by atoms with van der Waals surface area (Å²) in [6.07, 6.45) is 0. The summed E-state index contributed by atoms with van der Waals surface area (Å²) in [6, 6.07) is 12.2. The highest BCUT2D eigenvalue weighted by Crippen LogP contribution is 2.22. The lowest BCUT2D eigenvalue weighted by Crippen LogP contribution is -2.34. The summed E-state index contributed by atoms with van der Waals surface area (Å²) in [7, 11) is 0. The fraction of sp³-hybridized carbons (Fsp3) is 0.389. The molecule has 4 heteroatoms. The zero-order valence-electron chi connectivity index (χ0n) is 13.5. The summed E-state index contributed by atoms with van der Waals surface area (Å²) in [6.45, 7) is 7.85. The average molecular weight is 300 g/mol. The van der Waals surface area contributed by atoms with Crippen molar-refractivity contribution in [2.75, 3.05) is 13.1 Å². The summed E-state index contributed by atoms with van der Waals surface area (Å²) >= 11 is 0. The van der Waals surface area contributed by atoms with Gasteiger partial charge >= 0.3 is 0 Å². The van der Waals surface area contributed by atoms with E-state index in [1.165, 1.54) is 5.56 Å². The van der Waals surface area contributed by atoms with Gasteiger partial charge in [0, 0.05) is 24.6 Å². The third-order valence-corrected chi connectivity index (χ3v) is 3.42. The Hall–Kier alpha value is -2.07. The Morgan fingerprint density at radius 1 is 1.09 bits per heavy atom. The monoisotopic (exact) mass is 300 g/mol. The van der Waals surface area contributed by atoms with Crippen molar-refractivity contribution in [2.45, 2.75) is 27.3 Å². The lowest BCUT2D eigenvalue weighted by molar-refractivity contribution is -0.123. The molecule has 0 fully saturated rings. The minimum Gasteiger partial charge on any atom is -0.460 e. The van der Waals surface area contributed by atoms with Crippen molar-refractivity contribution in [1.29, 1.82) is 0 Å². The highest BCUT2D eigenvalue weighted by atomic mass is 16.3. The molecule has 2 aromatic rings. The molecule has 0 saturated carbocycles. The van der Waals surface area contributed by atoms with Crippen LogP contribution in [0.25, 0.3) is 11.3 Å². The highest BCUT2D eigenvalue weighted by molar-refractivity contribution is 5.77. The van der Waals surface area contributed by atoms with Gasteiger partial charge in [0.25, 0.3) is 0 Å². The maximum absolute atomic E-state index is 11.4. The maximum atomic E-state index is 11.4. The molecule has 1 aromatic heterocycles. The van der Waals surface area contributed by atoms with Gasteiger partial charge < -0.3 is 15.1 Å². The molecule has 0 aliphatic carbocycles. The quantitative estimate of drug-likeness (QED) is 0.773. The molecular weight excluding hydrogens is 276 g/mol. The first-order valence-electron chi connectivity index (χ1n) is 7.70. The van der Waals surface area contributed by atoms with Gasteiger partial charge in [-0.1, -0.05) is 43.7 Å². The van der Waals surface area contributed by atoms with Crippen LogP contribution >= 0.6 is 0 Å². The van der Waals surface area contributed by atoms with Crippen LogP contribution in [0.3, 0.4) is 0 Å². The zero-order valence-corrected chi connectivity index (χ0v) is 13.5. The van der Waals surface area contributed by atoms with Crippen LogP contribution in [0, 0.1) is 12.8 Å². The first-order chi connectivity index (χ1) is 10.6. The number of rotatable bonds is 7. The topological polar surface area (TPSA) is 54.3 Å². The molecule has 1 heterocycles. The Morgan fingerprint density at radius 2 is 1.82 bits per heavy atom. The Balaban J connectivity index is 1.76. The molecule has 2 N–H and O–H groups in total. The zero-order chi connectivity index (χ0) is 15.9. The van der Waals surface area contributed by atoms with Gasteiger partial charge in [0.15, 0.2) is 0 Å². The first-order valence-corrected chi connectivity index (χ1v) is 7.70. The van der Waals surface area contributed by atoms with Crippen molar-refractivity contribution in [3.63, 3.8) is 0 Å². The number of carbonyl (C=O) groups is 1. The summed E-state index contributed by atoms with van der Waals surface area (Å²) < 4.78 is 5.83. The van der Waals surface area contributed by atoms with Gasteiger partial charge in [-0.05, 0) is 19.1 Å². The summed E-state index contributed by atoms with van der Waals surface area (Å²) in [4.78, 5) is 11.4. The van der Waals surface area contributed by atoms with E-state index in [0.29, 0.717) is 13.1 Å². The number of furan rings is 1. The van der Waals surface area contributed by atoms with Gasteiger partial charge in [0.1, 0.15) is 11.5 Å². The summed E-state index contributed by atoms with van der Waals surface area (Å²) in [5, 5.41) is 6.13. The molecule has 118 valence electrons. The maximum Gasteiger partial charge on any atom is 0.222 e. The van der Waals surface area contributed by atoms with Crippen LogP contribution in [-0.2, 0) is 11.3 Å². The van der Waals surface area contributed by atoms with Gasteiger partial charge in [-0.25, -0.2) is 0 Å². The fourth-order valence-corrected chi connectivity index (χ4v) is 2.04. The average Bonchev–Trinajstić information content (AvgIpc) is 2.96. The largest absolute Gasteiger partial charge is 0.460 e. The van der Waals surface area contributed by atoms with E-state index in [2.05, 4.69) is 41.8 Å². The van der Waals surface area contributed by atoms with Gasteiger partial charge in [-0.3, -0.25) is 4.79 Å². The minimum absolute atomic E-state index is 0.0298. The third kappa shape index (κ3) is 4.74. The normalized spacial score (nSPS) is 10.9. The van der Waals surface area contributed by atoms with Crippen LogP contribution < -0.4 is 10.6 Å². The lowest BCUT2D eigenvalue weighted by Gasteiger charge is -2.07. The molecule has 4 nitrogen and oxygen atoms in total. The predicted molar refractivity (Wildman–Crippen MR) is 88.4 cm³/mol. The molecule has 0 saturated heterocycles. The summed E-state index contributed by atoms with van der Waals surface area (Å²) in [5.41, 5.74) is 2.32. The van der Waals surface area contributed by atoms with E-state index in [-0.39, 0.29) is 11.8 Å². The van der Waals surface area contributed by atoms with Crippen molar-refractivity contribution in [2.24, 2.45) is 5.92 Å². The lowest BCUT2D eigenvalue weighted by atomic mass is 10.1. The smallest absolute Gasteiger partial charge is 0.222 e. The van der Waals surface area contributed by atoms with Crippen LogP contribution in [-0.4, -0.2) is 19.0 Å². The molecule has 0 atom stereocenters. The molecule has 22 heavy (non-hydrogen) atoms. The SMILES string of the molecule is Cc1ccc(-c2ccc(CNCCNC(=O)C(C)C)o2)cc1. The molecule has 1 amide bonds. The molecular formula is C18H24N2O2. The first kappa shape index (κ1) is 16.3. The van der Waals surface area contributed by atoms with Crippen LogP contribution in [0.1, 0.15) is 25.2 Å². The Morgan fingerprint density at radius 3 is 2.50 bits per heavy atom. The Kier molecular flexibility index (Phi) is 5.78. The number of nitrogens with one attached hydrogen (secondary N) is 2. The Labute approximate surface area is 131 Å². The molecule has 2 rings (SSSR count). The number of hydrogen-bond donors (Lipinski definition) is 2. The number of carbonyl (C=O) groups excluding carboxylic acids is 1. The number of hydrogen-bond acceptors (Lipinski definition) is 3. The molecule has 1 aromatic carbocycles. The molecule has 0 bridgehead atoms. The molecule has 0 aliphatic rings. The second-order valence-electron chi connectivity index (χ2n) is 5.75. The van der Waals surface area contributed by atoms with E-state index in [4.69, 9.17) is 4.42 Å². The third-order valence-electron chi connectivity index (χ3n) is 3.42. The van der Waals surface area contributed by atoms with Crippen LogP contribution in [0.2, 0.25) is 0 Å². The van der Waals surface area contributed by atoms with E-state index < -0.39 is 0 Å². The minimum atomic E-state index is 0.0298. The van der Waals surface area contributed by atoms with E-state index >= 15 is 0 Å². The van der Waals surface area contributed by atoms with Crippen molar-refractivity contribution in [3.05, 3.63) is 47.7 Å². The van der Waals surface area contributed by atoms with Gasteiger partial charge in [-0.15, -0.1) is 0 Å². The van der Waals surface area contributed by atoms with Crippen molar-refractivity contribution in [1.82, 2.24) is 10.6 Å². The van der Waals surface area contributed by atoms with Crippen LogP contribution in [0.4, 0.5) is 0 Å². The van der Waals surface area contributed by atoms with Crippen molar-refractivity contribution < 1.29 is 9.21 Å². The van der Waals surface area contributed by atoms with Gasteiger partial charge in [0.2, 0.25) is 5.91 Å². The second kappa shape index (κ2) is 7.80. The van der Waals surface area contributed by atoms with Crippen LogP contribution in [0.5, 0.6) is 0 Å². The van der Waals surface area contributed by atoms with Gasteiger partial charge in [-0.2, -0.15) is 0 Å². The number of aryl methyl sites for hydroxylation is 1. The van der Waals surface area contributed by atoms with Gasteiger partial charge in [0.05, 0.1) is 6.54 Å². The van der Waals surface area contributed by atoms with Crippen LogP contribution in [0.15, 0.2) is 40.8 Å². The number of amides is 1. The van der Waals surface area contributed by atoms with E-state index in [1.807, 2.05) is 26.0 Å². The molecule has 0 radical (unpaired) electrons. The van der Waals surface area contributed by atoms with E-state index in [0.717, 1.165) is 23.6 Å². The fourth-order valence-electron chi connectivity index (χ4n) is 2.04. The Bertz CT molecular complexity index is 600. The summed E-state index contributed by atoms with van der Waals surface area (Å²) in [5.74, 6) is 1.89. The number of benzene rings is 1. The predicted octanol–water partition coefficient (Wildman–Crippen LogP) is 3.12. The van der Waals surface area contributed by atoms with Crippen molar-refractivity contribution in [3.8, 4) is 11.3 Å². The van der Waals surface area contributed by atoms with Crippen molar-refractivity contribution >= 4 is 5.91 Å². The molecule has 0 unspecified atom stereocenters. The highest BCUT2D eigenvalue weighted by Gasteiger charge is 2.06.